The minimum atomic E-state index is -0.703. The number of rotatable bonds is 7. The molecule has 6 nitrogen and oxygen atoms in total. The van der Waals surface area contributed by atoms with Gasteiger partial charge in [-0.15, -0.1) is 11.3 Å². The van der Waals surface area contributed by atoms with E-state index in [1.807, 2.05) is 0 Å². The zero-order valence-corrected chi connectivity index (χ0v) is 17.4. The number of anilines is 1. The zero-order valence-electron chi connectivity index (χ0n) is 16.5. The normalized spacial score (nSPS) is 13.0. The molecular weight excluding hydrogens is 409 g/mol. The summed E-state index contributed by atoms with van der Waals surface area (Å²) in [6, 6.07) is 5.59. The monoisotopic (exact) mass is 431 g/mol. The Balaban J connectivity index is 1.60. The topological polar surface area (TPSA) is 81.7 Å². The lowest BCUT2D eigenvalue weighted by molar-refractivity contribution is -0.142. The number of aryl methyl sites for hydroxylation is 1. The van der Waals surface area contributed by atoms with Crippen molar-refractivity contribution in [1.82, 2.24) is 0 Å². The molecule has 158 valence electrons. The van der Waals surface area contributed by atoms with Crippen molar-refractivity contribution in [2.24, 2.45) is 0 Å². The average Bonchev–Trinajstić information content (AvgIpc) is 3.09. The van der Waals surface area contributed by atoms with Crippen LogP contribution in [-0.2, 0) is 31.9 Å². The second-order valence-corrected chi connectivity index (χ2v) is 7.78. The van der Waals surface area contributed by atoms with E-state index in [4.69, 9.17) is 9.47 Å². The van der Waals surface area contributed by atoms with Crippen molar-refractivity contribution in [3.63, 3.8) is 0 Å². The standard InChI is InChI=1S/C22H22FNO5S/c1-2-28-22(27)20-16-5-3-4-6-17(16)30-21(20)24-18(25)13-29-19(26)12-9-14-7-10-15(23)11-8-14/h7-12H,2-6,13H2,1H3,(H,24,25). The number of hydrogen-bond acceptors (Lipinski definition) is 6. The Bertz CT molecular complexity index is 965. The molecule has 0 radical (unpaired) electrons. The van der Waals surface area contributed by atoms with E-state index in [0.29, 0.717) is 16.1 Å². The molecule has 1 aromatic carbocycles. The summed E-state index contributed by atoms with van der Waals surface area (Å²) in [6.45, 7) is 1.49. The Hall–Kier alpha value is -3.00. The highest BCUT2D eigenvalue weighted by atomic mass is 32.1. The van der Waals surface area contributed by atoms with Crippen LogP contribution in [0, 0.1) is 5.82 Å². The fourth-order valence-corrected chi connectivity index (χ4v) is 4.45. The lowest BCUT2D eigenvalue weighted by Gasteiger charge is -2.12. The molecule has 0 unspecified atom stereocenters. The number of hydrogen-bond donors (Lipinski definition) is 1. The number of thiophene rings is 1. The molecule has 2 aromatic rings. The van der Waals surface area contributed by atoms with Crippen molar-refractivity contribution in [2.75, 3.05) is 18.5 Å². The van der Waals surface area contributed by atoms with Gasteiger partial charge < -0.3 is 14.8 Å². The summed E-state index contributed by atoms with van der Waals surface area (Å²) in [4.78, 5) is 37.6. The Morgan fingerprint density at radius 2 is 1.87 bits per heavy atom. The van der Waals surface area contributed by atoms with E-state index in [1.165, 1.54) is 41.7 Å². The minimum absolute atomic E-state index is 0.245. The van der Waals surface area contributed by atoms with Gasteiger partial charge in [-0.1, -0.05) is 12.1 Å². The van der Waals surface area contributed by atoms with Gasteiger partial charge in [0, 0.05) is 11.0 Å². The first-order valence-corrected chi connectivity index (χ1v) is 10.5. The van der Waals surface area contributed by atoms with Gasteiger partial charge in [-0.25, -0.2) is 14.0 Å². The number of ether oxygens (including phenoxy) is 2. The van der Waals surface area contributed by atoms with Crippen molar-refractivity contribution in [3.8, 4) is 0 Å². The van der Waals surface area contributed by atoms with Gasteiger partial charge in [-0.05, 0) is 61.9 Å². The predicted molar refractivity (Wildman–Crippen MR) is 112 cm³/mol. The molecule has 1 aromatic heterocycles. The molecule has 0 saturated carbocycles. The molecule has 3 rings (SSSR count). The molecule has 8 heteroatoms. The molecule has 0 spiro atoms. The number of carbonyl (C=O) groups excluding carboxylic acids is 3. The van der Waals surface area contributed by atoms with Crippen LogP contribution in [0.1, 0.15) is 46.1 Å². The molecule has 1 N–H and O–H groups in total. The SMILES string of the molecule is CCOC(=O)c1c(NC(=O)COC(=O)C=Cc2ccc(F)cc2)sc2c1CCCC2. The van der Waals surface area contributed by atoms with E-state index < -0.39 is 24.5 Å². The summed E-state index contributed by atoms with van der Waals surface area (Å²) < 4.78 is 23.0. The average molecular weight is 431 g/mol. The van der Waals surface area contributed by atoms with Crippen molar-refractivity contribution >= 4 is 40.3 Å². The first-order valence-electron chi connectivity index (χ1n) is 9.70. The van der Waals surface area contributed by atoms with Gasteiger partial charge in [0.15, 0.2) is 6.61 Å². The minimum Gasteiger partial charge on any atom is -0.462 e. The molecule has 0 fully saturated rings. The van der Waals surface area contributed by atoms with Gasteiger partial charge >= 0.3 is 11.9 Å². The molecule has 1 heterocycles. The van der Waals surface area contributed by atoms with E-state index in [2.05, 4.69) is 5.32 Å². The zero-order chi connectivity index (χ0) is 21.5. The van der Waals surface area contributed by atoms with Crippen LogP contribution >= 0.6 is 11.3 Å². The molecule has 0 aliphatic heterocycles. The lowest BCUT2D eigenvalue weighted by Crippen LogP contribution is -2.21. The molecule has 1 aliphatic rings. The van der Waals surface area contributed by atoms with Crippen LogP contribution in [0.2, 0.25) is 0 Å². The Labute approximate surface area is 177 Å². The van der Waals surface area contributed by atoms with Crippen LogP contribution in [0.5, 0.6) is 0 Å². The predicted octanol–water partition coefficient (Wildman–Crippen LogP) is 4.14. The summed E-state index contributed by atoms with van der Waals surface area (Å²) in [5, 5.41) is 3.11. The van der Waals surface area contributed by atoms with E-state index >= 15 is 0 Å². The molecule has 0 saturated heterocycles. The van der Waals surface area contributed by atoms with Crippen molar-refractivity contribution in [1.29, 1.82) is 0 Å². The molecule has 1 amide bonds. The fourth-order valence-electron chi connectivity index (χ4n) is 3.16. The van der Waals surface area contributed by atoms with Gasteiger partial charge in [0.2, 0.25) is 0 Å². The molecule has 30 heavy (non-hydrogen) atoms. The van der Waals surface area contributed by atoms with Gasteiger partial charge in [-0.2, -0.15) is 0 Å². The number of carbonyl (C=O) groups is 3. The summed E-state index contributed by atoms with van der Waals surface area (Å²) in [7, 11) is 0. The second-order valence-electron chi connectivity index (χ2n) is 6.68. The molecule has 1 aliphatic carbocycles. The van der Waals surface area contributed by atoms with E-state index in [1.54, 1.807) is 6.92 Å². The third kappa shape index (κ3) is 5.54. The number of esters is 2. The number of halogens is 1. The van der Waals surface area contributed by atoms with Crippen LogP contribution in [-0.4, -0.2) is 31.1 Å². The third-order valence-electron chi connectivity index (χ3n) is 4.53. The van der Waals surface area contributed by atoms with Crippen LogP contribution in [0.25, 0.3) is 6.08 Å². The highest BCUT2D eigenvalue weighted by molar-refractivity contribution is 7.17. The second kappa shape index (κ2) is 10.2. The number of amides is 1. The molecular formula is C22H22FNO5S. The number of fused-ring (bicyclic) bond motifs is 1. The maximum Gasteiger partial charge on any atom is 0.341 e. The summed E-state index contributed by atoms with van der Waals surface area (Å²) in [5.41, 5.74) is 1.98. The first kappa shape index (κ1) is 21.7. The molecule has 0 bridgehead atoms. The van der Waals surface area contributed by atoms with Gasteiger partial charge in [0.25, 0.3) is 5.91 Å². The quantitative estimate of drug-likeness (QED) is 0.526. The third-order valence-corrected chi connectivity index (χ3v) is 5.74. The summed E-state index contributed by atoms with van der Waals surface area (Å²) in [6.07, 6.45) is 6.30. The Morgan fingerprint density at radius 1 is 1.13 bits per heavy atom. The van der Waals surface area contributed by atoms with Crippen molar-refractivity contribution < 1.29 is 28.2 Å². The fraction of sp³-hybridized carbons (Fsp3) is 0.318. The van der Waals surface area contributed by atoms with Crippen LogP contribution < -0.4 is 5.32 Å². The van der Waals surface area contributed by atoms with Crippen LogP contribution in [0.15, 0.2) is 30.3 Å². The number of benzene rings is 1. The largest absolute Gasteiger partial charge is 0.462 e. The van der Waals surface area contributed by atoms with Crippen LogP contribution in [0.3, 0.4) is 0 Å². The lowest BCUT2D eigenvalue weighted by atomic mass is 9.95. The highest BCUT2D eigenvalue weighted by Crippen LogP contribution is 2.38. The smallest absolute Gasteiger partial charge is 0.341 e. The first-order chi connectivity index (χ1) is 14.5. The maximum absolute atomic E-state index is 12.9. The van der Waals surface area contributed by atoms with E-state index in [0.717, 1.165) is 42.2 Å². The maximum atomic E-state index is 12.9. The highest BCUT2D eigenvalue weighted by Gasteiger charge is 2.27. The van der Waals surface area contributed by atoms with E-state index in [9.17, 15) is 18.8 Å². The Kier molecular flexibility index (Phi) is 7.35. The summed E-state index contributed by atoms with van der Waals surface area (Å²) in [5.74, 6) is -2.07. The number of nitrogens with one attached hydrogen (secondary N) is 1. The van der Waals surface area contributed by atoms with Gasteiger partial charge in [0.05, 0.1) is 12.2 Å². The van der Waals surface area contributed by atoms with Gasteiger partial charge in [0.1, 0.15) is 10.8 Å². The Morgan fingerprint density at radius 3 is 2.60 bits per heavy atom. The van der Waals surface area contributed by atoms with Crippen molar-refractivity contribution in [2.45, 2.75) is 32.6 Å². The summed E-state index contributed by atoms with van der Waals surface area (Å²) >= 11 is 1.37. The molecule has 0 atom stereocenters. The van der Waals surface area contributed by atoms with Gasteiger partial charge in [-0.3, -0.25) is 4.79 Å². The van der Waals surface area contributed by atoms with Crippen molar-refractivity contribution in [3.05, 3.63) is 57.7 Å². The van der Waals surface area contributed by atoms with Crippen LogP contribution in [0.4, 0.5) is 9.39 Å². The van der Waals surface area contributed by atoms with E-state index in [-0.39, 0.29) is 12.4 Å².